The number of sulfonamides is 1. The van der Waals surface area contributed by atoms with Gasteiger partial charge in [0.25, 0.3) is 10.0 Å². The zero-order chi connectivity index (χ0) is 18.6. The van der Waals surface area contributed by atoms with Crippen LogP contribution in [0.1, 0.15) is 24.6 Å². The van der Waals surface area contributed by atoms with Gasteiger partial charge in [0.2, 0.25) is 0 Å². The lowest BCUT2D eigenvalue weighted by Gasteiger charge is -2.34. The third kappa shape index (κ3) is 3.10. The Labute approximate surface area is 165 Å². The summed E-state index contributed by atoms with van der Waals surface area (Å²) in [6, 6.07) is 7.02. The van der Waals surface area contributed by atoms with Gasteiger partial charge in [-0.05, 0) is 37.1 Å². The molecule has 1 saturated carbocycles. The van der Waals surface area contributed by atoms with E-state index in [1.807, 2.05) is 16.6 Å². The molecule has 0 unspecified atom stereocenters. The van der Waals surface area contributed by atoms with Gasteiger partial charge in [0, 0.05) is 32.1 Å². The van der Waals surface area contributed by atoms with Crippen LogP contribution in [0, 0.1) is 0 Å². The maximum atomic E-state index is 12.7. The third-order valence-electron chi connectivity index (χ3n) is 4.92. The van der Waals surface area contributed by atoms with Gasteiger partial charge in [-0.2, -0.15) is 8.82 Å². The summed E-state index contributed by atoms with van der Waals surface area (Å²) in [4.78, 5) is 2.10. The van der Waals surface area contributed by atoms with Gasteiger partial charge in [-0.15, -0.1) is 26.6 Å². The molecule has 27 heavy (non-hydrogen) atoms. The number of aromatic nitrogens is 4. The third-order valence-corrected chi connectivity index (χ3v) is 8.52. The van der Waals surface area contributed by atoms with E-state index in [0.717, 1.165) is 41.5 Å². The summed E-state index contributed by atoms with van der Waals surface area (Å²) in [7, 11) is -3.49. The molecule has 2 fully saturated rings. The van der Waals surface area contributed by atoms with Gasteiger partial charge in [-0.25, -0.2) is 8.42 Å². The van der Waals surface area contributed by atoms with Crippen LogP contribution < -0.4 is 4.90 Å². The van der Waals surface area contributed by atoms with E-state index in [1.165, 1.54) is 4.31 Å². The van der Waals surface area contributed by atoms with Crippen molar-refractivity contribution in [3.63, 3.8) is 0 Å². The van der Waals surface area contributed by atoms with Gasteiger partial charge in [0.1, 0.15) is 10.0 Å². The molecule has 1 aliphatic heterocycles. The Kier molecular flexibility index (Phi) is 4.12. The van der Waals surface area contributed by atoms with Crippen LogP contribution in [0.25, 0.3) is 5.65 Å². The SMILES string of the molecule is O=S(=O)(c1ccc(Cl)s1)N1CCN(c2ccc3nnc(C4CC4)n3n2)CC1. The first-order chi connectivity index (χ1) is 13.0. The van der Waals surface area contributed by atoms with Crippen molar-refractivity contribution in [3.8, 4) is 0 Å². The molecule has 0 amide bonds. The molecule has 11 heteroatoms. The maximum absolute atomic E-state index is 12.7. The molecular weight excluding hydrogens is 408 g/mol. The summed E-state index contributed by atoms with van der Waals surface area (Å²) in [6.45, 7) is 1.99. The van der Waals surface area contributed by atoms with Crippen molar-refractivity contribution in [2.75, 3.05) is 31.1 Å². The Balaban J connectivity index is 1.34. The lowest BCUT2D eigenvalue weighted by atomic mass is 10.3. The van der Waals surface area contributed by atoms with E-state index in [0.29, 0.717) is 40.6 Å². The molecule has 0 atom stereocenters. The summed E-state index contributed by atoms with van der Waals surface area (Å²) in [5, 5.41) is 13.1. The fraction of sp³-hybridized carbons (Fsp3) is 0.438. The number of thiophene rings is 1. The molecule has 1 saturated heterocycles. The highest BCUT2D eigenvalue weighted by Gasteiger charge is 2.31. The number of hydrogen-bond acceptors (Lipinski definition) is 7. The van der Waals surface area contributed by atoms with E-state index in [2.05, 4.69) is 15.1 Å². The van der Waals surface area contributed by atoms with Crippen molar-refractivity contribution in [1.82, 2.24) is 24.1 Å². The first-order valence-corrected chi connectivity index (χ1v) is 11.4. The summed E-state index contributed by atoms with van der Waals surface area (Å²) in [6.07, 6.45) is 2.27. The molecule has 1 aliphatic carbocycles. The highest BCUT2D eigenvalue weighted by atomic mass is 35.5. The molecule has 8 nitrogen and oxygen atoms in total. The van der Waals surface area contributed by atoms with Gasteiger partial charge < -0.3 is 4.90 Å². The zero-order valence-electron chi connectivity index (χ0n) is 14.3. The van der Waals surface area contributed by atoms with Crippen molar-refractivity contribution >= 4 is 44.4 Å². The minimum Gasteiger partial charge on any atom is -0.353 e. The molecule has 0 spiro atoms. The average molecular weight is 425 g/mol. The largest absolute Gasteiger partial charge is 0.353 e. The smallest absolute Gasteiger partial charge is 0.252 e. The van der Waals surface area contributed by atoms with Gasteiger partial charge in [0.05, 0.1) is 4.34 Å². The number of piperazine rings is 1. The highest BCUT2D eigenvalue weighted by molar-refractivity contribution is 7.91. The Morgan fingerprint density at radius 3 is 2.48 bits per heavy atom. The molecule has 4 heterocycles. The Hall–Kier alpha value is -1.75. The quantitative estimate of drug-likeness (QED) is 0.638. The van der Waals surface area contributed by atoms with Crippen LogP contribution in [0.15, 0.2) is 28.5 Å². The number of nitrogens with zero attached hydrogens (tertiary/aromatic N) is 6. The van der Waals surface area contributed by atoms with Crippen molar-refractivity contribution in [2.24, 2.45) is 0 Å². The molecule has 3 aromatic heterocycles. The van der Waals surface area contributed by atoms with Gasteiger partial charge >= 0.3 is 0 Å². The number of fused-ring (bicyclic) bond motifs is 1. The molecule has 5 rings (SSSR count). The van der Waals surface area contributed by atoms with E-state index in [9.17, 15) is 8.42 Å². The molecule has 0 aromatic carbocycles. The summed E-state index contributed by atoms with van der Waals surface area (Å²) < 4.78 is 29.6. The molecule has 0 N–H and O–H groups in total. The Morgan fingerprint density at radius 1 is 1.04 bits per heavy atom. The van der Waals surface area contributed by atoms with Crippen LogP contribution in [0.4, 0.5) is 5.82 Å². The van der Waals surface area contributed by atoms with Crippen molar-refractivity contribution in [1.29, 1.82) is 0 Å². The number of hydrogen-bond donors (Lipinski definition) is 0. The Morgan fingerprint density at radius 2 is 1.81 bits per heavy atom. The van der Waals surface area contributed by atoms with Crippen molar-refractivity contribution in [3.05, 3.63) is 34.4 Å². The maximum Gasteiger partial charge on any atom is 0.252 e. The molecular formula is C16H17ClN6O2S2. The Bertz CT molecular complexity index is 1100. The predicted molar refractivity (Wildman–Crippen MR) is 103 cm³/mol. The second-order valence-electron chi connectivity index (χ2n) is 6.74. The van der Waals surface area contributed by atoms with Gasteiger partial charge in [0.15, 0.2) is 11.5 Å². The lowest BCUT2D eigenvalue weighted by molar-refractivity contribution is 0.384. The minimum atomic E-state index is -3.49. The highest BCUT2D eigenvalue weighted by Crippen LogP contribution is 2.38. The molecule has 0 bridgehead atoms. The lowest BCUT2D eigenvalue weighted by Crippen LogP contribution is -2.48. The molecule has 2 aliphatic rings. The topological polar surface area (TPSA) is 83.7 Å². The second kappa shape index (κ2) is 6.40. The zero-order valence-corrected chi connectivity index (χ0v) is 16.7. The van der Waals surface area contributed by atoms with E-state index < -0.39 is 10.0 Å². The monoisotopic (exact) mass is 424 g/mol. The van der Waals surface area contributed by atoms with Crippen molar-refractivity contribution < 1.29 is 8.42 Å². The van der Waals surface area contributed by atoms with Crippen LogP contribution in [0.2, 0.25) is 4.34 Å². The minimum absolute atomic E-state index is 0.291. The van der Waals surface area contributed by atoms with Crippen LogP contribution >= 0.6 is 22.9 Å². The van der Waals surface area contributed by atoms with Crippen LogP contribution in [0.3, 0.4) is 0 Å². The van der Waals surface area contributed by atoms with Gasteiger partial charge in [-0.1, -0.05) is 11.6 Å². The fourth-order valence-electron chi connectivity index (χ4n) is 3.28. The number of halogens is 1. The van der Waals surface area contributed by atoms with E-state index in [4.69, 9.17) is 16.7 Å². The summed E-state index contributed by atoms with van der Waals surface area (Å²) in [5.74, 6) is 2.20. The van der Waals surface area contributed by atoms with E-state index >= 15 is 0 Å². The van der Waals surface area contributed by atoms with Crippen LogP contribution in [-0.4, -0.2) is 58.7 Å². The fourth-order valence-corrected chi connectivity index (χ4v) is 6.34. The summed E-state index contributed by atoms with van der Waals surface area (Å²) >= 11 is 6.98. The van der Waals surface area contributed by atoms with Crippen LogP contribution in [0.5, 0.6) is 0 Å². The standard InChI is InChI=1S/C16H17ClN6O2S2/c17-12-3-6-15(26-12)27(24,25)22-9-7-21(8-10-22)14-5-4-13-18-19-16(11-1-2-11)23(13)20-14/h3-6,11H,1-2,7-10H2. The first kappa shape index (κ1) is 17.4. The van der Waals surface area contributed by atoms with Crippen LogP contribution in [-0.2, 0) is 10.0 Å². The van der Waals surface area contributed by atoms with E-state index in [-0.39, 0.29) is 0 Å². The normalized spacial score (nSPS) is 19.1. The molecule has 0 radical (unpaired) electrons. The second-order valence-corrected chi connectivity index (χ2v) is 10.6. The average Bonchev–Trinajstić information content (AvgIpc) is 3.27. The molecule has 3 aromatic rings. The van der Waals surface area contributed by atoms with Gasteiger partial charge in [-0.3, -0.25) is 0 Å². The first-order valence-electron chi connectivity index (χ1n) is 8.75. The van der Waals surface area contributed by atoms with E-state index in [1.54, 1.807) is 12.1 Å². The molecule has 142 valence electrons. The number of rotatable bonds is 4. The van der Waals surface area contributed by atoms with Crippen molar-refractivity contribution in [2.45, 2.75) is 23.0 Å². The summed E-state index contributed by atoms with van der Waals surface area (Å²) in [5.41, 5.74) is 0.747. The number of anilines is 1. The predicted octanol–water partition coefficient (Wildman–Crippen LogP) is 2.23.